The second-order valence-corrected chi connectivity index (χ2v) is 7.83. The van der Waals surface area contributed by atoms with E-state index < -0.39 is 0 Å². The van der Waals surface area contributed by atoms with E-state index >= 15 is 0 Å². The predicted molar refractivity (Wildman–Crippen MR) is 106 cm³/mol. The van der Waals surface area contributed by atoms with Gasteiger partial charge in [-0.2, -0.15) is 5.10 Å². The molecule has 1 amide bonds. The molecular weight excluding hydrogens is 330 g/mol. The summed E-state index contributed by atoms with van der Waals surface area (Å²) in [5, 5.41) is 7.71. The van der Waals surface area contributed by atoms with Crippen LogP contribution in [0.4, 0.5) is 0 Å². The molecule has 136 valence electrons. The molecule has 4 nitrogen and oxygen atoms in total. The second-order valence-electron chi connectivity index (χ2n) is 6.38. The Hall–Kier alpha value is -1.75. The third kappa shape index (κ3) is 5.63. The highest BCUT2D eigenvalue weighted by Gasteiger charge is 2.16. The summed E-state index contributed by atoms with van der Waals surface area (Å²) in [6, 6.07) is 10.3. The van der Waals surface area contributed by atoms with Gasteiger partial charge in [0.25, 0.3) is 0 Å². The van der Waals surface area contributed by atoms with Crippen LogP contribution in [0.5, 0.6) is 0 Å². The quantitative estimate of drug-likeness (QED) is 0.686. The number of rotatable bonds is 9. The van der Waals surface area contributed by atoms with Crippen molar-refractivity contribution in [3.63, 3.8) is 0 Å². The van der Waals surface area contributed by atoms with Crippen LogP contribution in [-0.2, 0) is 17.9 Å². The normalized spacial score (nSPS) is 12.2. The fraction of sp³-hybridized carbons (Fsp3) is 0.500. The lowest BCUT2D eigenvalue weighted by Crippen LogP contribution is -2.31. The van der Waals surface area contributed by atoms with Crippen molar-refractivity contribution in [1.82, 2.24) is 15.1 Å². The third-order valence-corrected chi connectivity index (χ3v) is 5.62. The Morgan fingerprint density at radius 1 is 1.28 bits per heavy atom. The fourth-order valence-electron chi connectivity index (χ4n) is 2.70. The lowest BCUT2D eigenvalue weighted by Gasteiger charge is -2.12. The SMILES string of the molecule is CCCCSC(C)C(=O)NCc1c(C)nn(Cc2ccccc2)c1C. The Kier molecular flexibility index (Phi) is 7.56. The number of carbonyl (C=O) groups excluding carboxylic acids is 1. The maximum Gasteiger partial charge on any atom is 0.233 e. The number of hydrogen-bond donors (Lipinski definition) is 1. The number of nitrogens with zero attached hydrogens (tertiary/aromatic N) is 2. The van der Waals surface area contributed by atoms with Crippen molar-refractivity contribution in [2.75, 3.05) is 5.75 Å². The van der Waals surface area contributed by atoms with E-state index in [0.717, 1.165) is 35.7 Å². The number of nitrogens with one attached hydrogen (secondary N) is 1. The molecule has 0 saturated heterocycles. The van der Waals surface area contributed by atoms with Crippen LogP contribution in [0.2, 0.25) is 0 Å². The maximum absolute atomic E-state index is 12.3. The summed E-state index contributed by atoms with van der Waals surface area (Å²) in [6.45, 7) is 9.53. The van der Waals surface area contributed by atoms with Crippen LogP contribution < -0.4 is 5.32 Å². The van der Waals surface area contributed by atoms with Crippen LogP contribution in [0.25, 0.3) is 0 Å². The molecular formula is C20H29N3OS. The first-order valence-corrected chi connectivity index (χ1v) is 10.0. The molecule has 0 radical (unpaired) electrons. The molecule has 1 aromatic carbocycles. The summed E-state index contributed by atoms with van der Waals surface area (Å²) in [7, 11) is 0. The summed E-state index contributed by atoms with van der Waals surface area (Å²) in [5.74, 6) is 1.15. The average molecular weight is 360 g/mol. The second kappa shape index (κ2) is 9.66. The zero-order valence-corrected chi connectivity index (χ0v) is 16.5. The van der Waals surface area contributed by atoms with E-state index in [2.05, 4.69) is 36.4 Å². The van der Waals surface area contributed by atoms with Crippen molar-refractivity contribution >= 4 is 17.7 Å². The molecule has 2 aromatic rings. The van der Waals surface area contributed by atoms with Crippen LogP contribution in [0.1, 0.15) is 49.2 Å². The molecule has 1 N–H and O–H groups in total. The molecule has 0 spiro atoms. The Labute approximate surface area is 155 Å². The Balaban J connectivity index is 1.95. The summed E-state index contributed by atoms with van der Waals surface area (Å²) in [6.07, 6.45) is 2.33. The third-order valence-electron chi connectivity index (χ3n) is 4.38. The summed E-state index contributed by atoms with van der Waals surface area (Å²) < 4.78 is 2.02. The van der Waals surface area contributed by atoms with E-state index in [4.69, 9.17) is 0 Å². The molecule has 5 heteroatoms. The fourth-order valence-corrected chi connectivity index (χ4v) is 3.74. The maximum atomic E-state index is 12.3. The van der Waals surface area contributed by atoms with Crippen LogP contribution >= 0.6 is 11.8 Å². The van der Waals surface area contributed by atoms with Gasteiger partial charge in [-0.3, -0.25) is 9.48 Å². The molecule has 2 rings (SSSR count). The standard InChI is InChI=1S/C20H29N3OS/c1-5-6-12-25-17(4)20(24)21-13-19-15(2)22-23(16(19)3)14-18-10-8-7-9-11-18/h7-11,17H,5-6,12-14H2,1-4H3,(H,21,24). The molecule has 0 bridgehead atoms. The Bertz CT molecular complexity index is 682. The van der Waals surface area contributed by atoms with Crippen LogP contribution in [0.3, 0.4) is 0 Å². The number of carbonyl (C=O) groups is 1. The zero-order valence-electron chi connectivity index (χ0n) is 15.7. The van der Waals surface area contributed by atoms with Gasteiger partial charge in [0, 0.05) is 17.8 Å². The van der Waals surface area contributed by atoms with Crippen molar-refractivity contribution in [3.8, 4) is 0 Å². The van der Waals surface area contributed by atoms with Crippen molar-refractivity contribution in [2.24, 2.45) is 0 Å². The van der Waals surface area contributed by atoms with E-state index in [0.29, 0.717) is 6.54 Å². The molecule has 1 atom stereocenters. The first-order valence-electron chi connectivity index (χ1n) is 8.99. The molecule has 1 aromatic heterocycles. The van der Waals surface area contributed by atoms with E-state index in [1.807, 2.05) is 36.7 Å². The van der Waals surface area contributed by atoms with Gasteiger partial charge in [-0.25, -0.2) is 0 Å². The van der Waals surface area contributed by atoms with Crippen LogP contribution in [-0.4, -0.2) is 26.7 Å². The number of hydrogen-bond acceptors (Lipinski definition) is 3. The lowest BCUT2D eigenvalue weighted by atomic mass is 10.2. The van der Waals surface area contributed by atoms with Gasteiger partial charge in [0.15, 0.2) is 0 Å². The molecule has 0 saturated carbocycles. The topological polar surface area (TPSA) is 46.9 Å². The highest BCUT2D eigenvalue weighted by Crippen LogP contribution is 2.16. The number of unbranched alkanes of at least 4 members (excludes halogenated alkanes) is 1. The van der Waals surface area contributed by atoms with Gasteiger partial charge in [0.1, 0.15) is 0 Å². The minimum atomic E-state index is -0.00785. The minimum Gasteiger partial charge on any atom is -0.351 e. The first kappa shape index (κ1) is 19.6. The molecule has 1 unspecified atom stereocenters. The number of benzene rings is 1. The van der Waals surface area contributed by atoms with Crippen molar-refractivity contribution < 1.29 is 4.79 Å². The molecule has 1 heterocycles. The van der Waals surface area contributed by atoms with Crippen LogP contribution in [0, 0.1) is 13.8 Å². The number of amides is 1. The highest BCUT2D eigenvalue weighted by atomic mass is 32.2. The van der Waals surface area contributed by atoms with E-state index in [1.165, 1.54) is 12.0 Å². The molecule has 0 aliphatic carbocycles. The van der Waals surface area contributed by atoms with Gasteiger partial charge < -0.3 is 5.32 Å². The van der Waals surface area contributed by atoms with Gasteiger partial charge in [-0.05, 0) is 38.5 Å². The summed E-state index contributed by atoms with van der Waals surface area (Å²) in [5.41, 5.74) is 4.45. The van der Waals surface area contributed by atoms with Crippen molar-refractivity contribution in [2.45, 2.75) is 58.9 Å². The Morgan fingerprint density at radius 3 is 2.68 bits per heavy atom. The molecule has 0 aliphatic heterocycles. The smallest absolute Gasteiger partial charge is 0.233 e. The van der Waals surface area contributed by atoms with Gasteiger partial charge >= 0.3 is 0 Å². The highest BCUT2D eigenvalue weighted by molar-refractivity contribution is 8.00. The first-order chi connectivity index (χ1) is 12.0. The largest absolute Gasteiger partial charge is 0.351 e. The van der Waals surface area contributed by atoms with E-state index in [1.54, 1.807) is 11.8 Å². The van der Waals surface area contributed by atoms with Gasteiger partial charge in [0.05, 0.1) is 17.5 Å². The number of aromatic nitrogens is 2. The van der Waals surface area contributed by atoms with Crippen molar-refractivity contribution in [3.05, 3.63) is 52.8 Å². The minimum absolute atomic E-state index is 0.00785. The van der Waals surface area contributed by atoms with Gasteiger partial charge in [-0.1, -0.05) is 43.7 Å². The number of thioether (sulfide) groups is 1. The Morgan fingerprint density at radius 2 is 2.00 bits per heavy atom. The van der Waals surface area contributed by atoms with Gasteiger partial charge in [-0.15, -0.1) is 11.8 Å². The van der Waals surface area contributed by atoms with Gasteiger partial charge in [0.2, 0.25) is 5.91 Å². The van der Waals surface area contributed by atoms with E-state index in [9.17, 15) is 4.79 Å². The van der Waals surface area contributed by atoms with E-state index in [-0.39, 0.29) is 11.2 Å². The summed E-state index contributed by atoms with van der Waals surface area (Å²) >= 11 is 1.73. The average Bonchev–Trinajstić information content (AvgIpc) is 2.87. The van der Waals surface area contributed by atoms with Crippen molar-refractivity contribution in [1.29, 1.82) is 0 Å². The monoisotopic (exact) mass is 359 g/mol. The molecule has 0 aliphatic rings. The predicted octanol–water partition coefficient (Wildman–Crippen LogP) is 4.09. The lowest BCUT2D eigenvalue weighted by molar-refractivity contribution is -0.120. The zero-order chi connectivity index (χ0) is 18.2. The van der Waals surface area contributed by atoms with Crippen LogP contribution in [0.15, 0.2) is 30.3 Å². The molecule has 25 heavy (non-hydrogen) atoms. The molecule has 0 fully saturated rings. The number of aryl methyl sites for hydroxylation is 1. The summed E-state index contributed by atoms with van der Waals surface area (Å²) in [4.78, 5) is 12.3.